The predicted molar refractivity (Wildman–Crippen MR) is 101 cm³/mol. The number of carbonyl (C=O) groups excluding carboxylic acids is 1. The molecule has 0 aliphatic rings. The highest BCUT2D eigenvalue weighted by Gasteiger charge is 2.14. The Morgan fingerprint density at radius 3 is 1.84 bits per heavy atom. The molecule has 2 heteroatoms. The van der Waals surface area contributed by atoms with Crippen LogP contribution in [0, 0.1) is 0 Å². The van der Waals surface area contributed by atoms with Gasteiger partial charge in [0.05, 0.1) is 0 Å². The fraction of sp³-hybridized carbons (Fsp3) is 0.0870. The maximum atomic E-state index is 11.3. The first-order valence-electron chi connectivity index (χ1n) is 8.29. The van der Waals surface area contributed by atoms with Gasteiger partial charge in [0.25, 0.3) is 0 Å². The van der Waals surface area contributed by atoms with E-state index in [0.717, 1.165) is 12.5 Å². The third-order valence-electron chi connectivity index (χ3n) is 4.15. The second-order valence-electron chi connectivity index (χ2n) is 5.85. The van der Waals surface area contributed by atoms with Gasteiger partial charge >= 0.3 is 5.97 Å². The average Bonchev–Trinajstić information content (AvgIpc) is 2.68. The van der Waals surface area contributed by atoms with Gasteiger partial charge in [0.15, 0.2) is 0 Å². The molecule has 0 aromatic heterocycles. The molecule has 0 saturated heterocycles. The number of carbonyl (C=O) groups is 1. The van der Waals surface area contributed by atoms with Gasteiger partial charge in [-0.25, -0.2) is 4.79 Å². The molecule has 0 heterocycles. The number of hydrogen-bond donors (Lipinski definition) is 0. The first kappa shape index (κ1) is 16.7. The van der Waals surface area contributed by atoms with Gasteiger partial charge in [-0.3, -0.25) is 0 Å². The molecule has 2 nitrogen and oxygen atoms in total. The lowest BCUT2D eigenvalue weighted by molar-refractivity contribution is -0.128. The summed E-state index contributed by atoms with van der Waals surface area (Å²) in [5.41, 5.74) is 3.77. The Morgan fingerprint density at radius 1 is 0.840 bits per heavy atom. The molecule has 0 aliphatic carbocycles. The van der Waals surface area contributed by atoms with Crippen molar-refractivity contribution in [3.8, 4) is 5.75 Å². The lowest BCUT2D eigenvalue weighted by Gasteiger charge is -2.18. The molecule has 0 spiro atoms. The molecule has 3 rings (SSSR count). The second-order valence-corrected chi connectivity index (χ2v) is 5.85. The van der Waals surface area contributed by atoms with Crippen LogP contribution in [0.4, 0.5) is 0 Å². The fourth-order valence-electron chi connectivity index (χ4n) is 2.89. The number of hydrogen-bond acceptors (Lipinski definition) is 2. The van der Waals surface area contributed by atoms with Gasteiger partial charge in [-0.15, -0.1) is 0 Å². The van der Waals surface area contributed by atoms with Gasteiger partial charge in [0, 0.05) is 12.0 Å². The monoisotopic (exact) mass is 328 g/mol. The largest absolute Gasteiger partial charge is 0.423 e. The Hall–Kier alpha value is -3.13. The molecule has 0 saturated carbocycles. The van der Waals surface area contributed by atoms with Crippen LogP contribution in [0.5, 0.6) is 5.75 Å². The normalized spacial score (nSPS) is 10.4. The topological polar surface area (TPSA) is 26.3 Å². The van der Waals surface area contributed by atoms with E-state index >= 15 is 0 Å². The van der Waals surface area contributed by atoms with Gasteiger partial charge in [0.2, 0.25) is 0 Å². The highest BCUT2D eigenvalue weighted by atomic mass is 16.5. The Bertz CT molecular complexity index is 781. The van der Waals surface area contributed by atoms with Crippen LogP contribution in [-0.2, 0) is 11.2 Å². The summed E-state index contributed by atoms with van der Waals surface area (Å²) in [4.78, 5) is 11.3. The van der Waals surface area contributed by atoms with Crippen LogP contribution in [0.2, 0.25) is 0 Å². The summed E-state index contributed by atoms with van der Waals surface area (Å²) in [7, 11) is 0. The van der Waals surface area contributed by atoms with Crippen molar-refractivity contribution < 1.29 is 9.53 Å². The van der Waals surface area contributed by atoms with Crippen molar-refractivity contribution >= 4 is 5.97 Å². The van der Waals surface area contributed by atoms with E-state index in [0.29, 0.717) is 5.75 Å². The number of benzene rings is 3. The van der Waals surface area contributed by atoms with E-state index in [1.807, 2.05) is 36.4 Å². The van der Waals surface area contributed by atoms with Gasteiger partial charge in [-0.2, -0.15) is 0 Å². The van der Waals surface area contributed by atoms with E-state index in [-0.39, 0.29) is 5.92 Å². The van der Waals surface area contributed by atoms with Crippen LogP contribution in [0.25, 0.3) is 0 Å². The summed E-state index contributed by atoms with van der Waals surface area (Å²) >= 11 is 0. The van der Waals surface area contributed by atoms with Crippen LogP contribution in [0.15, 0.2) is 97.6 Å². The number of rotatable bonds is 6. The van der Waals surface area contributed by atoms with Crippen molar-refractivity contribution in [3.63, 3.8) is 0 Å². The first-order valence-corrected chi connectivity index (χ1v) is 8.29. The predicted octanol–water partition coefficient (Wildman–Crippen LogP) is 5.15. The summed E-state index contributed by atoms with van der Waals surface area (Å²) in [5, 5.41) is 0. The lowest BCUT2D eigenvalue weighted by Crippen LogP contribution is -2.06. The quantitative estimate of drug-likeness (QED) is 0.355. The van der Waals surface area contributed by atoms with Crippen molar-refractivity contribution in [3.05, 3.63) is 114 Å². The molecule has 25 heavy (non-hydrogen) atoms. The summed E-state index contributed by atoms with van der Waals surface area (Å²) in [6.07, 6.45) is 2.04. The number of esters is 1. The van der Waals surface area contributed by atoms with Crippen molar-refractivity contribution in [1.82, 2.24) is 0 Å². The lowest BCUT2D eigenvalue weighted by atomic mass is 9.86. The third kappa shape index (κ3) is 4.45. The molecular weight excluding hydrogens is 308 g/mol. The van der Waals surface area contributed by atoms with E-state index in [9.17, 15) is 4.79 Å². The van der Waals surface area contributed by atoms with Crippen LogP contribution in [-0.4, -0.2) is 5.97 Å². The molecule has 0 radical (unpaired) electrons. The minimum Gasteiger partial charge on any atom is -0.423 e. The van der Waals surface area contributed by atoms with Crippen LogP contribution < -0.4 is 4.74 Å². The van der Waals surface area contributed by atoms with E-state index in [2.05, 4.69) is 55.1 Å². The molecule has 0 unspecified atom stereocenters. The Kier molecular flexibility index (Phi) is 5.43. The van der Waals surface area contributed by atoms with Gasteiger partial charge in [-0.05, 0) is 35.2 Å². The van der Waals surface area contributed by atoms with E-state index in [1.165, 1.54) is 16.7 Å². The van der Waals surface area contributed by atoms with Crippen LogP contribution in [0.3, 0.4) is 0 Å². The molecule has 0 aliphatic heterocycles. The molecule has 0 N–H and O–H groups in total. The molecule has 0 fully saturated rings. The van der Waals surface area contributed by atoms with Crippen LogP contribution >= 0.6 is 0 Å². The van der Waals surface area contributed by atoms with Crippen molar-refractivity contribution in [2.24, 2.45) is 0 Å². The zero-order valence-corrected chi connectivity index (χ0v) is 14.0. The minimum absolute atomic E-state index is 0.281. The Balaban J connectivity index is 1.83. The Morgan fingerprint density at radius 2 is 1.36 bits per heavy atom. The SMILES string of the molecule is C=CC(=O)Oc1ccc(CC(c2ccccc2)c2ccccc2)cc1. The molecular formula is C23H20O2. The third-order valence-corrected chi connectivity index (χ3v) is 4.15. The smallest absolute Gasteiger partial charge is 0.335 e. The average molecular weight is 328 g/mol. The fourth-order valence-corrected chi connectivity index (χ4v) is 2.89. The van der Waals surface area contributed by atoms with E-state index in [1.54, 1.807) is 0 Å². The maximum Gasteiger partial charge on any atom is 0.335 e. The first-order chi connectivity index (χ1) is 12.3. The van der Waals surface area contributed by atoms with Gasteiger partial charge in [0.1, 0.15) is 5.75 Å². The second kappa shape index (κ2) is 8.11. The van der Waals surface area contributed by atoms with E-state index < -0.39 is 5.97 Å². The van der Waals surface area contributed by atoms with Gasteiger partial charge in [-0.1, -0.05) is 79.4 Å². The van der Waals surface area contributed by atoms with Crippen LogP contribution in [0.1, 0.15) is 22.6 Å². The molecule has 124 valence electrons. The highest BCUT2D eigenvalue weighted by Crippen LogP contribution is 2.29. The van der Waals surface area contributed by atoms with E-state index in [4.69, 9.17) is 4.74 Å². The molecule has 0 amide bonds. The maximum absolute atomic E-state index is 11.3. The summed E-state index contributed by atoms with van der Waals surface area (Å²) < 4.78 is 5.14. The zero-order valence-electron chi connectivity index (χ0n) is 14.0. The Labute approximate surface area is 148 Å². The molecule has 3 aromatic rings. The van der Waals surface area contributed by atoms with Crippen molar-refractivity contribution in [1.29, 1.82) is 0 Å². The zero-order chi connectivity index (χ0) is 17.5. The summed E-state index contributed by atoms with van der Waals surface area (Å²) in [6.45, 7) is 3.41. The van der Waals surface area contributed by atoms with Crippen molar-refractivity contribution in [2.75, 3.05) is 0 Å². The van der Waals surface area contributed by atoms with Gasteiger partial charge < -0.3 is 4.74 Å². The highest BCUT2D eigenvalue weighted by molar-refractivity contribution is 5.83. The van der Waals surface area contributed by atoms with Crippen molar-refractivity contribution in [2.45, 2.75) is 12.3 Å². The summed E-state index contributed by atoms with van der Waals surface area (Å²) in [6, 6.07) is 28.7. The molecule has 3 aromatic carbocycles. The minimum atomic E-state index is -0.445. The standard InChI is InChI=1S/C23H20O2/c1-2-23(24)25-21-15-13-18(14-16-21)17-22(19-9-5-3-6-10-19)20-11-7-4-8-12-20/h2-16,22H,1,17H2. The molecule has 0 bridgehead atoms. The number of ether oxygens (including phenoxy) is 1. The molecule has 0 atom stereocenters. The summed E-state index contributed by atoms with van der Waals surface area (Å²) in [5.74, 6) is 0.368.